The Balaban J connectivity index is 3.38. The van der Waals surface area contributed by atoms with Crippen LogP contribution in [0.5, 0.6) is 5.75 Å². The van der Waals surface area contributed by atoms with Gasteiger partial charge in [0.1, 0.15) is 5.75 Å². The van der Waals surface area contributed by atoms with Crippen molar-refractivity contribution in [1.82, 2.24) is 0 Å². The maximum absolute atomic E-state index is 12.2. The molecule has 0 amide bonds. The van der Waals surface area contributed by atoms with Crippen LogP contribution in [0.3, 0.4) is 0 Å². The highest BCUT2D eigenvalue weighted by molar-refractivity contribution is 6.41. The summed E-state index contributed by atoms with van der Waals surface area (Å²) in [4.78, 5) is 11.0. The van der Waals surface area contributed by atoms with Crippen molar-refractivity contribution < 1.29 is 22.7 Å². The van der Waals surface area contributed by atoms with E-state index in [1.165, 1.54) is 13.2 Å². The molecule has 0 saturated carbocycles. The molecule has 16 heavy (non-hydrogen) atoms. The van der Waals surface area contributed by atoms with E-state index in [2.05, 4.69) is 0 Å². The summed E-state index contributed by atoms with van der Waals surface area (Å²) in [6.07, 6.45) is -5.03. The van der Waals surface area contributed by atoms with Crippen LogP contribution < -0.4 is 4.74 Å². The average molecular weight is 273 g/mol. The third kappa shape index (κ3) is 2.41. The second kappa shape index (κ2) is 4.51. The van der Waals surface area contributed by atoms with E-state index in [1.54, 1.807) is 0 Å². The lowest BCUT2D eigenvalue weighted by molar-refractivity contribution is -0.0885. The van der Waals surface area contributed by atoms with Crippen LogP contribution in [-0.4, -0.2) is 19.1 Å². The smallest absolute Gasteiger partial charge is 0.454 e. The van der Waals surface area contributed by atoms with E-state index in [0.29, 0.717) is 0 Å². The Bertz CT molecular complexity index is 429. The molecule has 0 unspecified atom stereocenters. The largest absolute Gasteiger partial charge is 0.495 e. The van der Waals surface area contributed by atoms with Gasteiger partial charge in [-0.05, 0) is 12.1 Å². The Morgan fingerprint density at radius 2 is 1.88 bits per heavy atom. The van der Waals surface area contributed by atoms with Crippen LogP contribution in [0.25, 0.3) is 0 Å². The maximum Gasteiger partial charge on any atom is 0.454 e. The highest BCUT2D eigenvalue weighted by Gasteiger charge is 2.42. The van der Waals surface area contributed by atoms with Gasteiger partial charge in [-0.1, -0.05) is 23.2 Å². The lowest BCUT2D eigenvalue weighted by Gasteiger charge is -2.11. The second-order valence-corrected chi connectivity index (χ2v) is 3.55. The molecule has 0 spiro atoms. The van der Waals surface area contributed by atoms with Crippen molar-refractivity contribution >= 4 is 29.0 Å². The molecule has 0 heterocycles. The van der Waals surface area contributed by atoms with E-state index in [-0.39, 0.29) is 10.8 Å². The number of hydrogen-bond acceptors (Lipinski definition) is 2. The number of hydrogen-bond donors (Lipinski definition) is 0. The number of carbonyl (C=O) groups is 1. The number of ether oxygens (including phenoxy) is 1. The van der Waals surface area contributed by atoms with Crippen LogP contribution in [0, 0.1) is 0 Å². The molecular weight excluding hydrogens is 268 g/mol. The van der Waals surface area contributed by atoms with Crippen LogP contribution in [0.2, 0.25) is 10.0 Å². The van der Waals surface area contributed by atoms with Crippen LogP contribution in [0.15, 0.2) is 12.1 Å². The summed E-state index contributed by atoms with van der Waals surface area (Å²) in [5, 5.41) is -0.814. The van der Waals surface area contributed by atoms with Crippen molar-refractivity contribution in [1.29, 1.82) is 0 Å². The molecule has 0 aliphatic heterocycles. The van der Waals surface area contributed by atoms with Crippen molar-refractivity contribution in [3.8, 4) is 5.75 Å². The molecule has 1 aromatic rings. The van der Waals surface area contributed by atoms with Crippen molar-refractivity contribution in [2.75, 3.05) is 7.11 Å². The van der Waals surface area contributed by atoms with Gasteiger partial charge in [0.05, 0.1) is 22.7 Å². The van der Waals surface area contributed by atoms with Crippen LogP contribution >= 0.6 is 23.2 Å². The van der Waals surface area contributed by atoms with Gasteiger partial charge >= 0.3 is 6.18 Å². The fourth-order valence-corrected chi connectivity index (χ4v) is 1.66. The Kier molecular flexibility index (Phi) is 3.70. The number of rotatable bonds is 2. The predicted octanol–water partition coefficient (Wildman–Crippen LogP) is 3.75. The Hall–Kier alpha value is -0.940. The molecule has 0 aromatic heterocycles. The zero-order chi connectivity index (χ0) is 12.5. The van der Waals surface area contributed by atoms with Crippen molar-refractivity contribution in [2.24, 2.45) is 0 Å². The SMILES string of the molecule is COc1ccc(Cl)c(C(=O)C(F)(F)F)c1Cl. The van der Waals surface area contributed by atoms with E-state index in [1.807, 2.05) is 0 Å². The maximum atomic E-state index is 12.2. The van der Waals surface area contributed by atoms with Crippen molar-refractivity contribution in [2.45, 2.75) is 6.18 Å². The highest BCUT2D eigenvalue weighted by atomic mass is 35.5. The van der Waals surface area contributed by atoms with Gasteiger partial charge in [0, 0.05) is 0 Å². The van der Waals surface area contributed by atoms with Gasteiger partial charge in [-0.3, -0.25) is 4.79 Å². The van der Waals surface area contributed by atoms with E-state index >= 15 is 0 Å². The second-order valence-electron chi connectivity index (χ2n) is 2.77. The summed E-state index contributed by atoms with van der Waals surface area (Å²) in [5.74, 6) is -2.14. The number of benzene rings is 1. The minimum atomic E-state index is -5.03. The number of ketones is 1. The molecule has 1 rings (SSSR count). The summed E-state index contributed by atoms with van der Waals surface area (Å²) in [5.41, 5.74) is -0.796. The van der Waals surface area contributed by atoms with E-state index in [9.17, 15) is 18.0 Å². The van der Waals surface area contributed by atoms with E-state index < -0.39 is 22.5 Å². The summed E-state index contributed by atoms with van der Waals surface area (Å²) < 4.78 is 41.4. The van der Waals surface area contributed by atoms with Crippen LogP contribution in [0.1, 0.15) is 10.4 Å². The topological polar surface area (TPSA) is 26.3 Å². The first kappa shape index (κ1) is 13.1. The highest BCUT2D eigenvalue weighted by Crippen LogP contribution is 2.36. The van der Waals surface area contributed by atoms with E-state index in [0.717, 1.165) is 6.07 Å². The molecule has 88 valence electrons. The van der Waals surface area contributed by atoms with Crippen LogP contribution in [0.4, 0.5) is 13.2 Å². The summed E-state index contributed by atoms with van der Waals surface area (Å²) in [6, 6.07) is 2.39. The number of methoxy groups -OCH3 is 1. The average Bonchev–Trinajstić information content (AvgIpc) is 2.16. The molecule has 2 nitrogen and oxygen atoms in total. The molecule has 0 saturated heterocycles. The van der Waals surface area contributed by atoms with Gasteiger partial charge < -0.3 is 4.74 Å². The molecule has 1 aromatic carbocycles. The lowest BCUT2D eigenvalue weighted by Crippen LogP contribution is -2.23. The number of halogens is 5. The number of Topliss-reactive ketones (excluding diaryl/α,β-unsaturated/α-hetero) is 1. The van der Waals surface area contributed by atoms with Gasteiger partial charge in [-0.25, -0.2) is 0 Å². The fraction of sp³-hybridized carbons (Fsp3) is 0.222. The lowest BCUT2D eigenvalue weighted by atomic mass is 10.1. The summed E-state index contributed by atoms with van der Waals surface area (Å²) in [7, 11) is 1.22. The van der Waals surface area contributed by atoms with E-state index in [4.69, 9.17) is 27.9 Å². The molecule has 0 atom stereocenters. The minimum absolute atomic E-state index is 0.0429. The molecule has 0 radical (unpaired) electrons. The molecule has 7 heteroatoms. The van der Waals surface area contributed by atoms with Gasteiger partial charge in [-0.15, -0.1) is 0 Å². The monoisotopic (exact) mass is 272 g/mol. The molecule has 0 aliphatic carbocycles. The Morgan fingerprint density at radius 1 is 1.31 bits per heavy atom. The Labute approximate surface area is 98.9 Å². The van der Waals surface area contributed by atoms with Gasteiger partial charge in [0.15, 0.2) is 0 Å². The molecular formula is C9H5Cl2F3O2. The predicted molar refractivity (Wildman–Crippen MR) is 53.4 cm³/mol. The van der Waals surface area contributed by atoms with Crippen molar-refractivity contribution in [3.63, 3.8) is 0 Å². The van der Waals surface area contributed by atoms with Gasteiger partial charge in [0.25, 0.3) is 5.78 Å². The normalized spacial score (nSPS) is 11.4. The summed E-state index contributed by atoms with van der Waals surface area (Å²) in [6.45, 7) is 0. The van der Waals surface area contributed by atoms with Gasteiger partial charge in [-0.2, -0.15) is 13.2 Å². The minimum Gasteiger partial charge on any atom is -0.495 e. The first-order chi connectivity index (χ1) is 7.29. The molecule has 0 aliphatic rings. The fourth-order valence-electron chi connectivity index (χ4n) is 1.04. The number of carbonyl (C=O) groups excluding carboxylic acids is 1. The molecule has 0 fully saturated rings. The summed E-state index contributed by atoms with van der Waals surface area (Å²) >= 11 is 11.1. The van der Waals surface area contributed by atoms with Gasteiger partial charge in [0.2, 0.25) is 0 Å². The first-order valence-electron chi connectivity index (χ1n) is 3.92. The first-order valence-corrected chi connectivity index (χ1v) is 4.68. The number of alkyl halides is 3. The standard InChI is InChI=1S/C9H5Cl2F3O2/c1-16-5-3-2-4(10)6(7(5)11)8(15)9(12,13)14/h2-3H,1H3. The van der Waals surface area contributed by atoms with Crippen LogP contribution in [-0.2, 0) is 0 Å². The quantitative estimate of drug-likeness (QED) is 0.767. The zero-order valence-corrected chi connectivity index (χ0v) is 9.37. The third-order valence-electron chi connectivity index (χ3n) is 1.76. The molecule has 0 N–H and O–H groups in total. The zero-order valence-electron chi connectivity index (χ0n) is 7.86. The third-order valence-corrected chi connectivity index (χ3v) is 2.45. The molecule has 0 bridgehead atoms. The van der Waals surface area contributed by atoms with Crippen molar-refractivity contribution in [3.05, 3.63) is 27.7 Å². The Morgan fingerprint density at radius 3 is 2.31 bits per heavy atom.